The SMILES string of the molecule is CNCC1(CNCC2CCN(C)C2)CC1. The van der Waals surface area contributed by atoms with E-state index in [2.05, 4.69) is 29.6 Å². The van der Waals surface area contributed by atoms with E-state index in [-0.39, 0.29) is 0 Å². The van der Waals surface area contributed by atoms with Crippen LogP contribution in [0.25, 0.3) is 0 Å². The van der Waals surface area contributed by atoms with E-state index in [4.69, 9.17) is 0 Å². The van der Waals surface area contributed by atoms with Gasteiger partial charge in [-0.1, -0.05) is 0 Å². The van der Waals surface area contributed by atoms with Gasteiger partial charge in [0.05, 0.1) is 0 Å². The summed E-state index contributed by atoms with van der Waals surface area (Å²) < 4.78 is 0. The molecule has 0 aromatic heterocycles. The standard InChI is InChI=1S/C12H25N3/c1-13-9-12(4-5-12)10-14-7-11-3-6-15(2)8-11/h11,13-14H,3-10H2,1-2H3. The molecule has 1 unspecified atom stereocenters. The van der Waals surface area contributed by atoms with Crippen molar-refractivity contribution in [1.29, 1.82) is 0 Å². The first-order valence-electron chi connectivity index (χ1n) is 6.28. The van der Waals surface area contributed by atoms with Gasteiger partial charge in [-0.25, -0.2) is 0 Å². The molecule has 1 atom stereocenters. The largest absolute Gasteiger partial charge is 0.319 e. The van der Waals surface area contributed by atoms with Gasteiger partial charge in [0.2, 0.25) is 0 Å². The Morgan fingerprint density at radius 3 is 2.67 bits per heavy atom. The number of hydrogen-bond acceptors (Lipinski definition) is 3. The van der Waals surface area contributed by atoms with Crippen molar-refractivity contribution in [3.05, 3.63) is 0 Å². The second kappa shape index (κ2) is 4.81. The highest BCUT2D eigenvalue weighted by atomic mass is 15.1. The molecule has 0 aromatic rings. The summed E-state index contributed by atoms with van der Waals surface area (Å²) in [5.74, 6) is 0.889. The lowest BCUT2D eigenvalue weighted by Crippen LogP contribution is -2.34. The summed E-state index contributed by atoms with van der Waals surface area (Å²) in [6.07, 6.45) is 4.19. The first-order valence-corrected chi connectivity index (χ1v) is 6.28. The summed E-state index contributed by atoms with van der Waals surface area (Å²) in [6.45, 7) is 6.19. The Balaban J connectivity index is 1.59. The predicted molar refractivity (Wildman–Crippen MR) is 64.1 cm³/mol. The molecular formula is C12H25N3. The normalized spacial score (nSPS) is 29.6. The van der Waals surface area contributed by atoms with Crippen molar-refractivity contribution in [2.45, 2.75) is 19.3 Å². The van der Waals surface area contributed by atoms with E-state index in [9.17, 15) is 0 Å². The average Bonchev–Trinajstić information content (AvgIpc) is 2.83. The van der Waals surface area contributed by atoms with Gasteiger partial charge < -0.3 is 15.5 Å². The molecule has 0 spiro atoms. The van der Waals surface area contributed by atoms with Crippen LogP contribution in [0.3, 0.4) is 0 Å². The van der Waals surface area contributed by atoms with Crippen LogP contribution in [0.4, 0.5) is 0 Å². The molecule has 2 aliphatic rings. The van der Waals surface area contributed by atoms with E-state index in [0.717, 1.165) is 5.92 Å². The zero-order chi connectivity index (χ0) is 10.7. The quantitative estimate of drug-likeness (QED) is 0.671. The van der Waals surface area contributed by atoms with Gasteiger partial charge in [-0.15, -0.1) is 0 Å². The summed E-state index contributed by atoms with van der Waals surface area (Å²) in [4.78, 5) is 2.44. The molecule has 2 rings (SSSR count). The molecule has 0 aromatic carbocycles. The van der Waals surface area contributed by atoms with Gasteiger partial charge in [0.1, 0.15) is 0 Å². The molecule has 3 heteroatoms. The predicted octanol–water partition coefficient (Wildman–Crippen LogP) is 0.527. The Morgan fingerprint density at radius 1 is 1.33 bits per heavy atom. The minimum absolute atomic E-state index is 0.610. The minimum Gasteiger partial charge on any atom is -0.319 e. The Labute approximate surface area is 93.6 Å². The van der Waals surface area contributed by atoms with Crippen LogP contribution in [0.15, 0.2) is 0 Å². The van der Waals surface area contributed by atoms with E-state index in [1.165, 1.54) is 52.0 Å². The minimum atomic E-state index is 0.610. The molecule has 15 heavy (non-hydrogen) atoms. The lowest BCUT2D eigenvalue weighted by atomic mass is 10.1. The number of hydrogen-bond donors (Lipinski definition) is 2. The van der Waals surface area contributed by atoms with Crippen molar-refractivity contribution in [3.63, 3.8) is 0 Å². The number of rotatable bonds is 6. The van der Waals surface area contributed by atoms with Gasteiger partial charge in [-0.3, -0.25) is 0 Å². The van der Waals surface area contributed by atoms with Crippen molar-refractivity contribution >= 4 is 0 Å². The maximum atomic E-state index is 3.67. The second-order valence-electron chi connectivity index (χ2n) is 5.58. The third-order valence-corrected chi connectivity index (χ3v) is 3.93. The maximum Gasteiger partial charge on any atom is 0.00201 e. The third kappa shape index (κ3) is 3.16. The van der Waals surface area contributed by atoms with Crippen LogP contribution in [0.5, 0.6) is 0 Å². The molecule has 3 nitrogen and oxygen atoms in total. The highest BCUT2D eigenvalue weighted by Crippen LogP contribution is 2.44. The van der Waals surface area contributed by atoms with Gasteiger partial charge in [0.15, 0.2) is 0 Å². The van der Waals surface area contributed by atoms with E-state index in [0.29, 0.717) is 5.41 Å². The van der Waals surface area contributed by atoms with Crippen LogP contribution in [0, 0.1) is 11.3 Å². The van der Waals surface area contributed by atoms with Crippen LogP contribution >= 0.6 is 0 Å². The van der Waals surface area contributed by atoms with Crippen molar-refractivity contribution in [2.24, 2.45) is 11.3 Å². The van der Waals surface area contributed by atoms with E-state index in [1.54, 1.807) is 0 Å². The van der Waals surface area contributed by atoms with Crippen molar-refractivity contribution in [2.75, 3.05) is 46.8 Å². The molecule has 1 aliphatic carbocycles. The molecule has 2 fully saturated rings. The zero-order valence-electron chi connectivity index (χ0n) is 10.2. The summed E-state index contributed by atoms with van der Waals surface area (Å²) in [6, 6.07) is 0. The first kappa shape index (κ1) is 11.4. The zero-order valence-corrected chi connectivity index (χ0v) is 10.2. The number of nitrogens with one attached hydrogen (secondary N) is 2. The Morgan fingerprint density at radius 2 is 2.13 bits per heavy atom. The number of likely N-dealkylation sites (tertiary alicyclic amines) is 1. The molecule has 0 amide bonds. The van der Waals surface area contributed by atoms with Gasteiger partial charge in [-0.2, -0.15) is 0 Å². The fraction of sp³-hybridized carbons (Fsp3) is 1.00. The third-order valence-electron chi connectivity index (χ3n) is 3.93. The summed E-state index contributed by atoms with van der Waals surface area (Å²) in [5, 5.41) is 6.98. The highest BCUT2D eigenvalue weighted by molar-refractivity contribution is 4.96. The highest BCUT2D eigenvalue weighted by Gasteiger charge is 2.41. The van der Waals surface area contributed by atoms with Crippen LogP contribution < -0.4 is 10.6 Å². The van der Waals surface area contributed by atoms with Gasteiger partial charge in [-0.05, 0) is 57.8 Å². The smallest absolute Gasteiger partial charge is 0.00201 e. The number of nitrogens with zero attached hydrogens (tertiary/aromatic N) is 1. The molecule has 1 saturated heterocycles. The molecule has 0 radical (unpaired) electrons. The molecule has 0 bridgehead atoms. The first-order chi connectivity index (χ1) is 7.24. The molecular weight excluding hydrogens is 186 g/mol. The summed E-state index contributed by atoms with van der Waals surface area (Å²) >= 11 is 0. The van der Waals surface area contributed by atoms with Crippen LogP contribution in [-0.4, -0.2) is 51.7 Å². The molecule has 88 valence electrons. The summed E-state index contributed by atoms with van der Waals surface area (Å²) in [5.41, 5.74) is 0.610. The van der Waals surface area contributed by atoms with E-state index >= 15 is 0 Å². The van der Waals surface area contributed by atoms with Crippen LogP contribution in [-0.2, 0) is 0 Å². The van der Waals surface area contributed by atoms with E-state index < -0.39 is 0 Å². The lowest BCUT2D eigenvalue weighted by Gasteiger charge is -2.17. The summed E-state index contributed by atoms with van der Waals surface area (Å²) in [7, 11) is 4.29. The lowest BCUT2D eigenvalue weighted by molar-refractivity contribution is 0.373. The maximum absolute atomic E-state index is 3.67. The Hall–Kier alpha value is -0.120. The average molecular weight is 211 g/mol. The topological polar surface area (TPSA) is 27.3 Å². The van der Waals surface area contributed by atoms with Gasteiger partial charge in [0, 0.05) is 19.6 Å². The van der Waals surface area contributed by atoms with E-state index in [1.807, 2.05) is 0 Å². The second-order valence-corrected chi connectivity index (χ2v) is 5.58. The van der Waals surface area contributed by atoms with Gasteiger partial charge in [0.25, 0.3) is 0 Å². The van der Waals surface area contributed by atoms with Crippen LogP contribution in [0.1, 0.15) is 19.3 Å². The van der Waals surface area contributed by atoms with Crippen molar-refractivity contribution in [3.8, 4) is 0 Å². The molecule has 1 heterocycles. The monoisotopic (exact) mass is 211 g/mol. The van der Waals surface area contributed by atoms with Gasteiger partial charge >= 0.3 is 0 Å². The molecule has 1 aliphatic heterocycles. The fourth-order valence-corrected chi connectivity index (χ4v) is 2.70. The fourth-order valence-electron chi connectivity index (χ4n) is 2.70. The van der Waals surface area contributed by atoms with Crippen molar-refractivity contribution in [1.82, 2.24) is 15.5 Å². The van der Waals surface area contributed by atoms with Crippen LogP contribution in [0.2, 0.25) is 0 Å². The molecule has 2 N–H and O–H groups in total. The Bertz CT molecular complexity index is 201. The Kier molecular flexibility index (Phi) is 3.65. The van der Waals surface area contributed by atoms with Crippen molar-refractivity contribution < 1.29 is 0 Å². The molecule has 1 saturated carbocycles.